The lowest BCUT2D eigenvalue weighted by Crippen LogP contribution is -2.40. The summed E-state index contributed by atoms with van der Waals surface area (Å²) in [5.74, 6) is -1.27. The van der Waals surface area contributed by atoms with Crippen LogP contribution in [0.4, 0.5) is 5.69 Å². The Hall–Kier alpha value is -5.36. The van der Waals surface area contributed by atoms with E-state index in [4.69, 9.17) is 14.6 Å². The molecule has 0 bridgehead atoms. The molecule has 0 unspecified atom stereocenters. The van der Waals surface area contributed by atoms with E-state index in [1.807, 2.05) is 79.0 Å². The number of benzene rings is 4. The van der Waals surface area contributed by atoms with Crippen LogP contribution in [-0.2, 0) is 29.1 Å². The molecule has 1 aromatic heterocycles. The van der Waals surface area contributed by atoms with E-state index < -0.39 is 28.5 Å². The normalized spacial score (nSPS) is 13.8. The van der Waals surface area contributed by atoms with Crippen LogP contribution >= 0.6 is 0 Å². The van der Waals surface area contributed by atoms with Crippen molar-refractivity contribution in [3.05, 3.63) is 127 Å². The fourth-order valence-electron chi connectivity index (χ4n) is 5.08. The van der Waals surface area contributed by atoms with Crippen LogP contribution in [-0.4, -0.2) is 67.3 Å². The van der Waals surface area contributed by atoms with E-state index in [1.54, 1.807) is 10.8 Å². The molecule has 0 saturated carbocycles. The molecule has 6 rings (SSSR count). The number of hydrogen-bond donors (Lipinski definition) is 1. The fourth-order valence-corrected chi connectivity index (χ4v) is 6.49. The number of carbonyl (C=O) groups is 2. The molecule has 47 heavy (non-hydrogen) atoms. The number of carbonyl (C=O) groups excluding carboxylic acids is 2. The molecule has 238 valence electrons. The van der Waals surface area contributed by atoms with Crippen LogP contribution < -0.4 is 5.32 Å². The number of anilines is 1. The Kier molecular flexibility index (Phi) is 9.67. The number of esters is 1. The van der Waals surface area contributed by atoms with Crippen LogP contribution in [0.25, 0.3) is 34.1 Å². The highest BCUT2D eigenvalue weighted by Crippen LogP contribution is 2.28. The van der Waals surface area contributed by atoms with Gasteiger partial charge >= 0.3 is 5.97 Å². The van der Waals surface area contributed by atoms with Gasteiger partial charge in [-0.1, -0.05) is 72.8 Å². The minimum absolute atomic E-state index is 0.121. The number of amides is 1. The Morgan fingerprint density at radius 1 is 0.809 bits per heavy atom. The largest absolute Gasteiger partial charge is 0.452 e. The minimum atomic E-state index is -3.65. The molecule has 1 N–H and O–H groups in total. The van der Waals surface area contributed by atoms with E-state index in [2.05, 4.69) is 17.4 Å². The summed E-state index contributed by atoms with van der Waals surface area (Å²) in [6.07, 6.45) is 4.70. The molecule has 0 radical (unpaired) electrons. The number of para-hydroxylation sites is 1. The summed E-state index contributed by atoms with van der Waals surface area (Å²) in [7, 11) is -3.65. The molecule has 5 aromatic rings. The van der Waals surface area contributed by atoms with Crippen LogP contribution in [0, 0.1) is 0 Å². The topological polar surface area (TPSA) is 120 Å². The Bertz CT molecular complexity index is 1970. The van der Waals surface area contributed by atoms with Crippen molar-refractivity contribution in [3.8, 4) is 28.1 Å². The molecule has 10 nitrogen and oxygen atoms in total. The summed E-state index contributed by atoms with van der Waals surface area (Å²) in [5.41, 5.74) is 5.65. The van der Waals surface area contributed by atoms with Gasteiger partial charge in [-0.3, -0.25) is 4.79 Å². The van der Waals surface area contributed by atoms with Gasteiger partial charge in [0.15, 0.2) is 6.61 Å². The molecule has 1 fully saturated rings. The number of ether oxygens (including phenoxy) is 2. The number of nitrogens with zero attached hydrogens (tertiary/aromatic N) is 3. The molecule has 1 aliphatic heterocycles. The Labute approximate surface area is 272 Å². The third kappa shape index (κ3) is 7.72. The molecular formula is C36H32N4O6S. The van der Waals surface area contributed by atoms with Crippen molar-refractivity contribution < 1.29 is 27.5 Å². The quantitative estimate of drug-likeness (QED) is 0.159. The van der Waals surface area contributed by atoms with Gasteiger partial charge in [0.1, 0.15) is 0 Å². The van der Waals surface area contributed by atoms with Gasteiger partial charge in [0.2, 0.25) is 10.0 Å². The van der Waals surface area contributed by atoms with Crippen LogP contribution in [0.1, 0.15) is 5.56 Å². The maximum Gasteiger partial charge on any atom is 0.331 e. The summed E-state index contributed by atoms with van der Waals surface area (Å²) in [4.78, 5) is 25.2. The molecule has 4 aromatic carbocycles. The van der Waals surface area contributed by atoms with Gasteiger partial charge < -0.3 is 14.8 Å². The molecular weight excluding hydrogens is 616 g/mol. The van der Waals surface area contributed by atoms with Crippen LogP contribution in [0.15, 0.2) is 126 Å². The smallest absolute Gasteiger partial charge is 0.331 e. The first-order valence-corrected chi connectivity index (χ1v) is 16.4. The lowest BCUT2D eigenvalue weighted by atomic mass is 10.0. The summed E-state index contributed by atoms with van der Waals surface area (Å²) in [6, 6.07) is 33.6. The monoisotopic (exact) mass is 648 g/mol. The Morgan fingerprint density at radius 3 is 2.11 bits per heavy atom. The van der Waals surface area contributed by atoms with E-state index in [9.17, 15) is 18.0 Å². The van der Waals surface area contributed by atoms with E-state index in [-0.39, 0.29) is 4.90 Å². The molecule has 0 spiro atoms. The van der Waals surface area contributed by atoms with Gasteiger partial charge in [-0.25, -0.2) is 17.9 Å². The summed E-state index contributed by atoms with van der Waals surface area (Å²) in [6.45, 7) is 0.762. The zero-order valence-corrected chi connectivity index (χ0v) is 26.2. The first-order valence-electron chi connectivity index (χ1n) is 15.0. The molecule has 11 heteroatoms. The molecule has 1 saturated heterocycles. The van der Waals surface area contributed by atoms with Gasteiger partial charge in [-0.15, -0.1) is 0 Å². The summed E-state index contributed by atoms with van der Waals surface area (Å²) < 4.78 is 39.2. The SMILES string of the molecule is O=C(COC(=O)/C=C/c1cn(-c2ccccc2)nc1-c1ccc(-c2ccccc2)cc1)Nc1ccc(S(=O)(=O)N2CCOCC2)cc1. The summed E-state index contributed by atoms with van der Waals surface area (Å²) in [5, 5.41) is 7.42. The van der Waals surface area contributed by atoms with Gasteiger partial charge in [0, 0.05) is 42.2 Å². The number of hydrogen-bond acceptors (Lipinski definition) is 7. The van der Waals surface area contributed by atoms with Crippen LogP contribution in [0.2, 0.25) is 0 Å². The zero-order valence-electron chi connectivity index (χ0n) is 25.4. The highest BCUT2D eigenvalue weighted by Gasteiger charge is 2.26. The van der Waals surface area contributed by atoms with Crippen molar-refractivity contribution in [1.82, 2.24) is 14.1 Å². The van der Waals surface area contributed by atoms with Crippen molar-refractivity contribution in [1.29, 1.82) is 0 Å². The van der Waals surface area contributed by atoms with Gasteiger partial charge in [0.05, 0.1) is 29.5 Å². The number of rotatable bonds is 10. The second-order valence-electron chi connectivity index (χ2n) is 10.7. The third-order valence-corrected chi connectivity index (χ3v) is 9.43. The average Bonchev–Trinajstić information content (AvgIpc) is 3.56. The van der Waals surface area contributed by atoms with Crippen LogP contribution in [0.3, 0.4) is 0 Å². The molecule has 0 atom stereocenters. The third-order valence-electron chi connectivity index (χ3n) is 7.52. The van der Waals surface area contributed by atoms with Crippen molar-refractivity contribution in [2.45, 2.75) is 4.90 Å². The van der Waals surface area contributed by atoms with Crippen molar-refractivity contribution >= 4 is 33.7 Å². The highest BCUT2D eigenvalue weighted by atomic mass is 32.2. The highest BCUT2D eigenvalue weighted by molar-refractivity contribution is 7.89. The number of aromatic nitrogens is 2. The molecule has 0 aliphatic carbocycles. The predicted octanol–water partition coefficient (Wildman–Crippen LogP) is 5.42. The van der Waals surface area contributed by atoms with E-state index in [0.717, 1.165) is 22.4 Å². The van der Waals surface area contributed by atoms with Crippen LogP contribution in [0.5, 0.6) is 0 Å². The Balaban J connectivity index is 1.10. The number of sulfonamides is 1. The van der Waals surface area contributed by atoms with E-state index in [0.29, 0.717) is 43.2 Å². The molecule has 1 amide bonds. The lowest BCUT2D eigenvalue weighted by Gasteiger charge is -2.26. The first-order chi connectivity index (χ1) is 22.9. The second-order valence-corrected chi connectivity index (χ2v) is 12.6. The lowest BCUT2D eigenvalue weighted by molar-refractivity contribution is -0.142. The van der Waals surface area contributed by atoms with Crippen molar-refractivity contribution in [2.75, 3.05) is 38.2 Å². The average molecular weight is 649 g/mol. The molecule has 1 aliphatic rings. The van der Waals surface area contributed by atoms with E-state index in [1.165, 1.54) is 34.6 Å². The standard InChI is InChI=1S/C36H32N4O6S/c41-34(37-31-16-18-33(19-17-31)47(43,44)39-21-23-45-24-22-39)26-46-35(42)20-15-30-25-40(32-9-5-2-6-10-32)38-36(30)29-13-11-28(12-14-29)27-7-3-1-4-8-27/h1-20,25H,21-24,26H2,(H,37,41)/b20-15+. The zero-order chi connectivity index (χ0) is 32.6. The molecule has 2 heterocycles. The Morgan fingerprint density at radius 2 is 1.43 bits per heavy atom. The van der Waals surface area contributed by atoms with Gasteiger partial charge in [0.25, 0.3) is 5.91 Å². The summed E-state index contributed by atoms with van der Waals surface area (Å²) >= 11 is 0. The van der Waals surface area contributed by atoms with E-state index >= 15 is 0 Å². The number of morpholine rings is 1. The fraction of sp³-hybridized carbons (Fsp3) is 0.139. The maximum atomic E-state index is 12.8. The predicted molar refractivity (Wildman–Crippen MR) is 179 cm³/mol. The van der Waals surface area contributed by atoms with Crippen molar-refractivity contribution in [3.63, 3.8) is 0 Å². The number of nitrogens with one attached hydrogen (secondary N) is 1. The van der Waals surface area contributed by atoms with Crippen molar-refractivity contribution in [2.24, 2.45) is 0 Å². The maximum absolute atomic E-state index is 12.8. The van der Waals surface area contributed by atoms with Gasteiger partial charge in [-0.05, 0) is 53.6 Å². The minimum Gasteiger partial charge on any atom is -0.452 e. The van der Waals surface area contributed by atoms with Gasteiger partial charge in [-0.2, -0.15) is 9.40 Å². The first kappa shape index (κ1) is 31.6. The second kappa shape index (κ2) is 14.4.